The van der Waals surface area contributed by atoms with Gasteiger partial charge in [-0.1, -0.05) is 6.08 Å². The fourth-order valence-electron chi connectivity index (χ4n) is 1.33. The summed E-state index contributed by atoms with van der Waals surface area (Å²) in [7, 11) is 1.61. The summed E-state index contributed by atoms with van der Waals surface area (Å²) in [5, 5.41) is 2.74. The van der Waals surface area contributed by atoms with E-state index in [1.54, 1.807) is 30.6 Å². The van der Waals surface area contributed by atoms with Crippen molar-refractivity contribution in [1.82, 2.24) is 10.2 Å². The molecule has 1 rings (SSSR count). The monoisotopic (exact) mass is 238 g/mol. The summed E-state index contributed by atoms with van der Waals surface area (Å²) in [4.78, 5) is 13.5. The molecule has 0 aliphatic heterocycles. The first-order valence-corrected chi connectivity index (χ1v) is 5.41. The van der Waals surface area contributed by atoms with Gasteiger partial charge in [0.05, 0.1) is 25.7 Å². The van der Waals surface area contributed by atoms with Crippen molar-refractivity contribution in [3.8, 4) is 0 Å². The lowest BCUT2D eigenvalue weighted by Crippen LogP contribution is -2.41. The predicted molar refractivity (Wildman–Crippen MR) is 64.6 cm³/mol. The molecule has 1 N–H and O–H groups in total. The highest BCUT2D eigenvalue weighted by Crippen LogP contribution is 2.05. The molecule has 17 heavy (non-hydrogen) atoms. The van der Waals surface area contributed by atoms with Gasteiger partial charge in [0.1, 0.15) is 0 Å². The van der Waals surface area contributed by atoms with E-state index in [0.717, 1.165) is 5.56 Å². The molecule has 5 nitrogen and oxygen atoms in total. The SMILES string of the molecule is C=CCNC(=O)N(CCOC)Cc1ccoc1. The van der Waals surface area contributed by atoms with Gasteiger partial charge in [0, 0.05) is 25.8 Å². The van der Waals surface area contributed by atoms with Crippen molar-refractivity contribution in [3.63, 3.8) is 0 Å². The Balaban J connectivity index is 2.52. The zero-order valence-corrected chi connectivity index (χ0v) is 10.0. The molecule has 0 fully saturated rings. The fourth-order valence-corrected chi connectivity index (χ4v) is 1.33. The molecule has 0 bridgehead atoms. The van der Waals surface area contributed by atoms with Crippen LogP contribution in [0.1, 0.15) is 5.56 Å². The topological polar surface area (TPSA) is 54.7 Å². The zero-order valence-electron chi connectivity index (χ0n) is 10.0. The summed E-state index contributed by atoms with van der Waals surface area (Å²) in [6.45, 7) is 5.54. The van der Waals surface area contributed by atoms with E-state index < -0.39 is 0 Å². The third-order valence-corrected chi connectivity index (χ3v) is 2.20. The highest BCUT2D eigenvalue weighted by atomic mass is 16.5. The lowest BCUT2D eigenvalue weighted by molar-refractivity contribution is 0.147. The van der Waals surface area contributed by atoms with Gasteiger partial charge >= 0.3 is 6.03 Å². The van der Waals surface area contributed by atoms with E-state index in [-0.39, 0.29) is 6.03 Å². The van der Waals surface area contributed by atoms with E-state index in [2.05, 4.69) is 11.9 Å². The molecule has 0 aliphatic rings. The quantitative estimate of drug-likeness (QED) is 0.734. The van der Waals surface area contributed by atoms with E-state index in [1.807, 2.05) is 6.07 Å². The van der Waals surface area contributed by atoms with Gasteiger partial charge in [0.2, 0.25) is 0 Å². The van der Waals surface area contributed by atoms with Gasteiger partial charge in [0.15, 0.2) is 0 Å². The van der Waals surface area contributed by atoms with E-state index in [0.29, 0.717) is 26.2 Å². The Morgan fingerprint density at radius 2 is 2.53 bits per heavy atom. The lowest BCUT2D eigenvalue weighted by atomic mass is 10.3. The van der Waals surface area contributed by atoms with Crippen LogP contribution in [0.5, 0.6) is 0 Å². The van der Waals surface area contributed by atoms with Crippen LogP contribution in [0.2, 0.25) is 0 Å². The number of nitrogens with one attached hydrogen (secondary N) is 1. The predicted octanol–water partition coefficient (Wildman–Crippen LogP) is 1.62. The van der Waals surface area contributed by atoms with Crippen LogP contribution in [-0.2, 0) is 11.3 Å². The van der Waals surface area contributed by atoms with Gasteiger partial charge in [-0.2, -0.15) is 0 Å². The maximum Gasteiger partial charge on any atom is 0.318 e. The molecular formula is C12H18N2O3. The Kier molecular flexibility index (Phi) is 5.88. The Labute approximate surface area is 101 Å². The highest BCUT2D eigenvalue weighted by molar-refractivity contribution is 5.74. The fraction of sp³-hybridized carbons (Fsp3) is 0.417. The van der Waals surface area contributed by atoms with Crippen LogP contribution in [0.15, 0.2) is 35.7 Å². The number of methoxy groups -OCH3 is 1. The number of hydrogen-bond donors (Lipinski definition) is 1. The third kappa shape index (κ3) is 4.74. The Bertz CT molecular complexity index is 336. The van der Waals surface area contributed by atoms with Crippen molar-refractivity contribution < 1.29 is 13.9 Å². The molecular weight excluding hydrogens is 220 g/mol. The summed E-state index contributed by atoms with van der Waals surface area (Å²) < 4.78 is 9.96. The minimum absolute atomic E-state index is 0.136. The molecule has 1 aromatic heterocycles. The molecule has 94 valence electrons. The van der Waals surface area contributed by atoms with Gasteiger partial charge < -0.3 is 19.4 Å². The standard InChI is InChI=1S/C12H18N2O3/c1-3-5-13-12(15)14(6-8-16-2)9-11-4-7-17-10-11/h3-4,7,10H,1,5-6,8-9H2,2H3,(H,13,15). The van der Waals surface area contributed by atoms with Crippen molar-refractivity contribution in [2.75, 3.05) is 26.8 Å². The number of rotatable bonds is 7. The first-order valence-electron chi connectivity index (χ1n) is 5.41. The van der Waals surface area contributed by atoms with Gasteiger partial charge in [-0.3, -0.25) is 0 Å². The Morgan fingerprint density at radius 1 is 1.71 bits per heavy atom. The van der Waals surface area contributed by atoms with E-state index in [9.17, 15) is 4.79 Å². The third-order valence-electron chi connectivity index (χ3n) is 2.20. The van der Waals surface area contributed by atoms with E-state index in [1.165, 1.54) is 0 Å². The van der Waals surface area contributed by atoms with Crippen LogP contribution in [0.3, 0.4) is 0 Å². The number of hydrogen-bond acceptors (Lipinski definition) is 3. The number of furan rings is 1. The van der Waals surface area contributed by atoms with Gasteiger partial charge in [-0.25, -0.2) is 4.79 Å². The molecule has 0 aromatic carbocycles. The van der Waals surface area contributed by atoms with Crippen molar-refractivity contribution in [2.45, 2.75) is 6.54 Å². The van der Waals surface area contributed by atoms with E-state index in [4.69, 9.17) is 9.15 Å². The lowest BCUT2D eigenvalue weighted by Gasteiger charge is -2.21. The van der Waals surface area contributed by atoms with Crippen LogP contribution in [-0.4, -0.2) is 37.7 Å². The molecule has 0 saturated heterocycles. The van der Waals surface area contributed by atoms with Crippen LogP contribution in [0.25, 0.3) is 0 Å². The van der Waals surface area contributed by atoms with E-state index >= 15 is 0 Å². The number of ether oxygens (including phenoxy) is 1. The first kappa shape index (κ1) is 13.3. The normalized spacial score (nSPS) is 9.94. The van der Waals surface area contributed by atoms with Gasteiger partial charge in [0.25, 0.3) is 0 Å². The number of nitrogens with zero attached hydrogens (tertiary/aromatic N) is 1. The minimum atomic E-state index is -0.136. The summed E-state index contributed by atoms with van der Waals surface area (Å²) in [5.74, 6) is 0. The summed E-state index contributed by atoms with van der Waals surface area (Å²) in [5.41, 5.74) is 0.954. The summed E-state index contributed by atoms with van der Waals surface area (Å²) >= 11 is 0. The number of carbonyl (C=O) groups excluding carboxylic acids is 1. The van der Waals surface area contributed by atoms with Crippen LogP contribution in [0, 0.1) is 0 Å². The number of carbonyl (C=O) groups is 1. The summed E-state index contributed by atoms with van der Waals surface area (Å²) in [6.07, 6.45) is 4.86. The molecule has 5 heteroatoms. The molecule has 0 saturated carbocycles. The smallest absolute Gasteiger partial charge is 0.318 e. The molecule has 1 aromatic rings. The second kappa shape index (κ2) is 7.51. The molecule has 0 aliphatic carbocycles. The number of urea groups is 1. The van der Waals surface area contributed by atoms with Gasteiger partial charge in [-0.15, -0.1) is 6.58 Å². The maximum absolute atomic E-state index is 11.8. The minimum Gasteiger partial charge on any atom is -0.472 e. The second-order valence-corrected chi connectivity index (χ2v) is 3.52. The zero-order chi connectivity index (χ0) is 12.5. The average Bonchev–Trinajstić information content (AvgIpc) is 2.84. The van der Waals surface area contributed by atoms with Gasteiger partial charge in [-0.05, 0) is 6.07 Å². The Hall–Kier alpha value is -1.75. The molecule has 1 heterocycles. The largest absolute Gasteiger partial charge is 0.472 e. The average molecular weight is 238 g/mol. The van der Waals surface area contributed by atoms with Crippen LogP contribution < -0.4 is 5.32 Å². The van der Waals surface area contributed by atoms with Crippen molar-refractivity contribution in [2.24, 2.45) is 0 Å². The van der Waals surface area contributed by atoms with Crippen molar-refractivity contribution >= 4 is 6.03 Å². The first-order chi connectivity index (χ1) is 8.27. The van der Waals surface area contributed by atoms with Crippen molar-refractivity contribution in [3.05, 3.63) is 36.8 Å². The molecule has 0 radical (unpaired) electrons. The second-order valence-electron chi connectivity index (χ2n) is 3.52. The Morgan fingerprint density at radius 3 is 3.12 bits per heavy atom. The molecule has 0 unspecified atom stereocenters. The van der Waals surface area contributed by atoms with Crippen LogP contribution in [0.4, 0.5) is 4.79 Å². The number of amides is 2. The van der Waals surface area contributed by atoms with Crippen molar-refractivity contribution in [1.29, 1.82) is 0 Å². The molecule has 0 atom stereocenters. The van der Waals surface area contributed by atoms with Crippen LogP contribution >= 0.6 is 0 Å². The molecule has 0 spiro atoms. The highest BCUT2D eigenvalue weighted by Gasteiger charge is 2.13. The molecule has 2 amide bonds. The maximum atomic E-state index is 11.8. The summed E-state index contributed by atoms with van der Waals surface area (Å²) in [6, 6.07) is 1.70.